The van der Waals surface area contributed by atoms with E-state index in [1.807, 2.05) is 18.2 Å². The summed E-state index contributed by atoms with van der Waals surface area (Å²) in [4.78, 5) is 14.3. The maximum absolute atomic E-state index is 15.9. The van der Waals surface area contributed by atoms with E-state index in [0.29, 0.717) is 40.3 Å². The van der Waals surface area contributed by atoms with Crippen LogP contribution in [0.4, 0.5) is 20.2 Å². The molecule has 3 fully saturated rings. The van der Waals surface area contributed by atoms with E-state index < -0.39 is 11.6 Å². The topological polar surface area (TPSA) is 87.0 Å². The van der Waals surface area contributed by atoms with Gasteiger partial charge in [0.1, 0.15) is 29.0 Å². The standard InChI is InChI=1S/C30H29F2N7/c31-24-13-18(3-4-19(24)17-33)29-36-28-27(38-22-5-6-23(38)15-20(34)14-22)9-10-35-30(28)39(29)26-8-7-21(16-25(26)32)37-11-1-2-12-37/h3-4,7-10,13,16,20,22-23H,1-2,5-6,11-12,14-15,34H2. The molecule has 39 heavy (non-hydrogen) atoms. The molecule has 2 bridgehead atoms. The smallest absolute Gasteiger partial charge is 0.167 e. The molecule has 198 valence electrons. The van der Waals surface area contributed by atoms with Crippen LogP contribution in [0.5, 0.6) is 0 Å². The Morgan fingerprint density at radius 2 is 1.69 bits per heavy atom. The van der Waals surface area contributed by atoms with Gasteiger partial charge >= 0.3 is 0 Å². The molecule has 0 aliphatic carbocycles. The normalized spacial score (nSPS) is 22.6. The van der Waals surface area contributed by atoms with Crippen LogP contribution in [0, 0.1) is 23.0 Å². The van der Waals surface area contributed by atoms with Gasteiger partial charge < -0.3 is 15.5 Å². The highest BCUT2D eigenvalue weighted by Gasteiger charge is 2.41. The van der Waals surface area contributed by atoms with Crippen molar-refractivity contribution in [3.8, 4) is 23.1 Å². The lowest BCUT2D eigenvalue weighted by Crippen LogP contribution is -2.47. The van der Waals surface area contributed by atoms with Gasteiger partial charge in [-0.25, -0.2) is 18.7 Å². The fourth-order valence-electron chi connectivity index (χ4n) is 6.80. The van der Waals surface area contributed by atoms with E-state index in [1.54, 1.807) is 29.0 Å². The number of nitrogens with two attached hydrogens (primary N) is 1. The summed E-state index contributed by atoms with van der Waals surface area (Å²) in [7, 11) is 0. The summed E-state index contributed by atoms with van der Waals surface area (Å²) in [5, 5.41) is 9.25. The van der Waals surface area contributed by atoms with Crippen molar-refractivity contribution in [3.63, 3.8) is 0 Å². The second-order valence-corrected chi connectivity index (χ2v) is 10.9. The first-order chi connectivity index (χ1) is 19.0. The van der Waals surface area contributed by atoms with E-state index in [1.165, 1.54) is 12.1 Å². The molecule has 0 spiro atoms. The van der Waals surface area contributed by atoms with Crippen LogP contribution in [0.1, 0.15) is 44.1 Å². The van der Waals surface area contributed by atoms with Gasteiger partial charge in [-0.15, -0.1) is 0 Å². The molecule has 0 radical (unpaired) electrons. The molecule has 0 saturated carbocycles. The molecule has 2 aromatic carbocycles. The van der Waals surface area contributed by atoms with Gasteiger partial charge in [0, 0.05) is 48.7 Å². The van der Waals surface area contributed by atoms with Crippen molar-refractivity contribution >= 4 is 22.5 Å². The summed E-state index contributed by atoms with van der Waals surface area (Å²) in [5.74, 6) is -0.665. The molecule has 2 aromatic heterocycles. The fraction of sp³-hybridized carbons (Fsp3) is 0.367. The number of anilines is 2. The minimum atomic E-state index is -0.644. The van der Waals surface area contributed by atoms with Crippen LogP contribution >= 0.6 is 0 Å². The van der Waals surface area contributed by atoms with Gasteiger partial charge in [0.25, 0.3) is 0 Å². The van der Waals surface area contributed by atoms with Crippen molar-refractivity contribution in [2.75, 3.05) is 22.9 Å². The molecular formula is C30H29F2N7. The van der Waals surface area contributed by atoms with Crippen LogP contribution in [-0.4, -0.2) is 45.8 Å². The third kappa shape index (κ3) is 3.93. The van der Waals surface area contributed by atoms with Crippen LogP contribution in [0.2, 0.25) is 0 Å². The molecule has 0 amide bonds. The van der Waals surface area contributed by atoms with Crippen molar-refractivity contribution in [2.45, 2.75) is 56.7 Å². The molecule has 7 rings (SSSR count). The zero-order valence-electron chi connectivity index (χ0n) is 21.5. The van der Waals surface area contributed by atoms with Crippen molar-refractivity contribution in [3.05, 3.63) is 65.9 Å². The maximum Gasteiger partial charge on any atom is 0.167 e. The monoisotopic (exact) mass is 525 g/mol. The zero-order chi connectivity index (χ0) is 26.7. The van der Waals surface area contributed by atoms with Gasteiger partial charge in [-0.2, -0.15) is 5.26 Å². The molecule has 5 heterocycles. The number of rotatable bonds is 4. The molecular weight excluding hydrogens is 496 g/mol. The van der Waals surface area contributed by atoms with E-state index in [9.17, 15) is 9.65 Å². The lowest BCUT2D eigenvalue weighted by atomic mass is 9.97. The molecule has 2 unspecified atom stereocenters. The molecule has 2 N–H and O–H groups in total. The molecule has 3 aliphatic heterocycles. The second kappa shape index (κ2) is 9.31. The zero-order valence-corrected chi connectivity index (χ0v) is 21.5. The number of nitrogens with zero attached hydrogens (tertiary/aromatic N) is 6. The van der Waals surface area contributed by atoms with E-state index >= 15 is 4.39 Å². The number of fused-ring (bicyclic) bond motifs is 3. The van der Waals surface area contributed by atoms with Crippen molar-refractivity contribution in [2.24, 2.45) is 5.73 Å². The van der Waals surface area contributed by atoms with Gasteiger partial charge in [0.2, 0.25) is 0 Å². The summed E-state index contributed by atoms with van der Waals surface area (Å²) in [6.07, 6.45) is 7.92. The third-order valence-electron chi connectivity index (χ3n) is 8.56. The second-order valence-electron chi connectivity index (χ2n) is 10.9. The van der Waals surface area contributed by atoms with E-state index in [0.717, 1.165) is 63.0 Å². The summed E-state index contributed by atoms with van der Waals surface area (Å²) in [6.45, 7) is 1.82. The van der Waals surface area contributed by atoms with E-state index in [-0.39, 0.29) is 11.6 Å². The molecule has 7 nitrogen and oxygen atoms in total. The van der Waals surface area contributed by atoms with Crippen LogP contribution in [0.3, 0.4) is 0 Å². The number of halogens is 2. The minimum Gasteiger partial charge on any atom is -0.371 e. The van der Waals surface area contributed by atoms with Gasteiger partial charge in [-0.3, -0.25) is 4.57 Å². The molecule has 2 atom stereocenters. The summed E-state index contributed by atoms with van der Waals surface area (Å²) < 4.78 is 32.3. The van der Waals surface area contributed by atoms with Crippen LogP contribution < -0.4 is 15.5 Å². The number of imidazole rings is 1. The number of hydrogen-bond acceptors (Lipinski definition) is 6. The SMILES string of the molecule is N#Cc1ccc(-c2nc3c(N4C5CCC4CC(N)C5)ccnc3n2-c2ccc(N3CCCC3)cc2F)cc1F. The van der Waals surface area contributed by atoms with Gasteiger partial charge in [0.15, 0.2) is 5.65 Å². The maximum atomic E-state index is 15.9. The Kier molecular flexibility index (Phi) is 5.74. The average Bonchev–Trinajstić information content (AvgIpc) is 3.66. The van der Waals surface area contributed by atoms with Crippen molar-refractivity contribution in [1.82, 2.24) is 14.5 Å². The van der Waals surface area contributed by atoms with Crippen LogP contribution in [0.25, 0.3) is 28.2 Å². The van der Waals surface area contributed by atoms with Crippen LogP contribution in [0.15, 0.2) is 48.7 Å². The third-order valence-corrected chi connectivity index (χ3v) is 8.56. The lowest BCUT2D eigenvalue weighted by molar-refractivity contribution is 0.415. The highest BCUT2D eigenvalue weighted by atomic mass is 19.1. The Balaban J connectivity index is 1.43. The number of piperidine rings is 1. The van der Waals surface area contributed by atoms with E-state index in [4.69, 9.17) is 10.7 Å². The van der Waals surface area contributed by atoms with Gasteiger partial charge in [-0.1, -0.05) is 0 Å². The molecule has 4 aromatic rings. The minimum absolute atomic E-state index is 0.0531. The van der Waals surface area contributed by atoms with E-state index in [2.05, 4.69) is 14.8 Å². The Hall–Kier alpha value is -4.03. The Bertz CT molecular complexity index is 1600. The number of pyridine rings is 1. The first-order valence-electron chi connectivity index (χ1n) is 13.7. The first kappa shape index (κ1) is 24.0. The molecule has 3 saturated heterocycles. The Labute approximate surface area is 225 Å². The highest BCUT2D eigenvalue weighted by Crippen LogP contribution is 2.42. The predicted octanol–water partition coefficient (Wildman–Crippen LogP) is 5.30. The first-order valence-corrected chi connectivity index (χ1v) is 13.7. The quantitative estimate of drug-likeness (QED) is 0.389. The summed E-state index contributed by atoms with van der Waals surface area (Å²) in [6, 6.07) is 14.3. The summed E-state index contributed by atoms with van der Waals surface area (Å²) in [5.41, 5.74) is 9.98. The molecule has 3 aliphatic rings. The predicted molar refractivity (Wildman–Crippen MR) is 147 cm³/mol. The summed E-state index contributed by atoms with van der Waals surface area (Å²) >= 11 is 0. The fourth-order valence-corrected chi connectivity index (χ4v) is 6.80. The van der Waals surface area contributed by atoms with Gasteiger partial charge in [-0.05, 0) is 81.0 Å². The number of aromatic nitrogens is 3. The number of nitriles is 1. The number of hydrogen-bond donors (Lipinski definition) is 1. The Morgan fingerprint density at radius 3 is 2.38 bits per heavy atom. The van der Waals surface area contributed by atoms with Crippen molar-refractivity contribution < 1.29 is 8.78 Å². The van der Waals surface area contributed by atoms with Crippen molar-refractivity contribution in [1.29, 1.82) is 5.26 Å². The highest BCUT2D eigenvalue weighted by molar-refractivity contribution is 5.91. The molecule has 9 heteroatoms. The lowest BCUT2D eigenvalue weighted by Gasteiger charge is -2.39. The van der Waals surface area contributed by atoms with Gasteiger partial charge in [0.05, 0.1) is 16.9 Å². The largest absolute Gasteiger partial charge is 0.371 e. The average molecular weight is 526 g/mol. The number of benzene rings is 2. The van der Waals surface area contributed by atoms with Crippen LogP contribution in [-0.2, 0) is 0 Å². The Morgan fingerprint density at radius 1 is 0.923 bits per heavy atom.